The van der Waals surface area contributed by atoms with Crippen LogP contribution in [0.3, 0.4) is 0 Å². The number of halogens is 3. The molecule has 0 fully saturated rings. The van der Waals surface area contributed by atoms with E-state index in [9.17, 15) is 14.0 Å². The summed E-state index contributed by atoms with van der Waals surface area (Å²) in [4.78, 5) is 26.5. The molecule has 0 heterocycles. The van der Waals surface area contributed by atoms with Crippen LogP contribution in [0.5, 0.6) is 0 Å². The minimum Gasteiger partial charge on any atom is -0.351 e. The zero-order valence-electron chi connectivity index (χ0n) is 15.6. The molecule has 1 atom stereocenters. The van der Waals surface area contributed by atoms with Crippen LogP contribution < -0.4 is 10.6 Å². The van der Waals surface area contributed by atoms with Crippen molar-refractivity contribution in [2.45, 2.75) is 26.4 Å². The Kier molecular flexibility index (Phi) is 8.23. The van der Waals surface area contributed by atoms with Crippen LogP contribution in [0.2, 0.25) is 10.0 Å². The summed E-state index contributed by atoms with van der Waals surface area (Å²) in [7, 11) is 0. The number of nitrogens with zero attached hydrogens (tertiary/aromatic N) is 1. The number of rotatable bonds is 8. The molecule has 2 aromatic carbocycles. The van der Waals surface area contributed by atoms with E-state index in [0.717, 1.165) is 5.56 Å². The summed E-state index contributed by atoms with van der Waals surface area (Å²) < 4.78 is 12.9. The smallest absolute Gasteiger partial charge is 0.241 e. The van der Waals surface area contributed by atoms with E-state index in [1.165, 1.54) is 12.1 Å². The largest absolute Gasteiger partial charge is 0.351 e. The average molecular weight is 426 g/mol. The van der Waals surface area contributed by atoms with Crippen LogP contribution in [-0.4, -0.2) is 35.8 Å². The molecule has 8 heteroatoms. The Morgan fingerprint density at radius 1 is 1.14 bits per heavy atom. The van der Waals surface area contributed by atoms with Crippen molar-refractivity contribution in [3.05, 3.63) is 63.9 Å². The summed E-state index contributed by atoms with van der Waals surface area (Å²) in [5.74, 6) is -0.851. The van der Waals surface area contributed by atoms with Crippen molar-refractivity contribution >= 4 is 40.7 Å². The highest BCUT2D eigenvalue weighted by molar-refractivity contribution is 6.35. The SMILES string of the molecule is CCN(CC(=O)NCc1ccc(F)cc1)C(C)C(=O)Nc1cc(Cl)ccc1Cl. The first-order chi connectivity index (χ1) is 13.3. The Balaban J connectivity index is 1.91. The van der Waals surface area contributed by atoms with Gasteiger partial charge in [0.25, 0.3) is 0 Å². The van der Waals surface area contributed by atoms with Gasteiger partial charge in [-0.05, 0) is 49.4 Å². The van der Waals surface area contributed by atoms with Crippen molar-refractivity contribution in [3.63, 3.8) is 0 Å². The average Bonchev–Trinajstić information content (AvgIpc) is 2.67. The first-order valence-corrected chi connectivity index (χ1v) is 9.56. The third-order valence-corrected chi connectivity index (χ3v) is 4.83. The number of nitrogens with one attached hydrogen (secondary N) is 2. The minimum absolute atomic E-state index is 0.0512. The summed E-state index contributed by atoms with van der Waals surface area (Å²) in [5.41, 5.74) is 1.21. The molecule has 0 radical (unpaired) electrons. The molecule has 2 amide bonds. The molecule has 5 nitrogen and oxygen atoms in total. The topological polar surface area (TPSA) is 61.4 Å². The van der Waals surface area contributed by atoms with Crippen LogP contribution in [-0.2, 0) is 16.1 Å². The lowest BCUT2D eigenvalue weighted by Crippen LogP contribution is -2.46. The number of carbonyl (C=O) groups excluding carboxylic acids is 2. The van der Waals surface area contributed by atoms with Gasteiger partial charge in [-0.15, -0.1) is 0 Å². The van der Waals surface area contributed by atoms with Crippen molar-refractivity contribution in [2.24, 2.45) is 0 Å². The zero-order valence-corrected chi connectivity index (χ0v) is 17.1. The molecule has 0 bridgehead atoms. The van der Waals surface area contributed by atoms with E-state index in [2.05, 4.69) is 10.6 Å². The maximum Gasteiger partial charge on any atom is 0.241 e. The molecular weight excluding hydrogens is 404 g/mol. The molecule has 0 saturated carbocycles. The van der Waals surface area contributed by atoms with Crippen molar-refractivity contribution in [3.8, 4) is 0 Å². The van der Waals surface area contributed by atoms with Crippen molar-refractivity contribution in [1.82, 2.24) is 10.2 Å². The van der Waals surface area contributed by atoms with Crippen LogP contribution in [0.4, 0.5) is 10.1 Å². The first-order valence-electron chi connectivity index (χ1n) is 8.81. The predicted octanol–water partition coefficient (Wildman–Crippen LogP) is 4.10. The Labute approximate surface area is 173 Å². The maximum atomic E-state index is 12.9. The van der Waals surface area contributed by atoms with Gasteiger partial charge in [-0.2, -0.15) is 0 Å². The van der Waals surface area contributed by atoms with E-state index in [4.69, 9.17) is 23.2 Å². The molecule has 0 spiro atoms. The standard InChI is InChI=1S/C20H22Cl2FN3O2/c1-3-26(12-19(27)24-11-14-4-7-16(23)8-5-14)13(2)20(28)25-18-10-15(21)6-9-17(18)22/h4-10,13H,3,11-12H2,1-2H3,(H,24,27)(H,25,28). The summed E-state index contributed by atoms with van der Waals surface area (Å²) in [6, 6.07) is 10.1. The fourth-order valence-corrected chi connectivity index (χ4v) is 2.90. The van der Waals surface area contributed by atoms with Gasteiger partial charge in [-0.25, -0.2) is 4.39 Å². The number of carbonyl (C=O) groups is 2. The van der Waals surface area contributed by atoms with Crippen molar-refractivity contribution in [1.29, 1.82) is 0 Å². The minimum atomic E-state index is -0.559. The molecule has 0 aliphatic rings. The van der Waals surface area contributed by atoms with Crippen LogP contribution in [0.25, 0.3) is 0 Å². The molecule has 2 N–H and O–H groups in total. The van der Waals surface area contributed by atoms with Gasteiger partial charge < -0.3 is 10.6 Å². The van der Waals surface area contributed by atoms with E-state index in [0.29, 0.717) is 22.3 Å². The normalized spacial score (nSPS) is 11.9. The molecule has 0 saturated heterocycles. The molecule has 0 aliphatic carbocycles. The van der Waals surface area contributed by atoms with E-state index >= 15 is 0 Å². The summed E-state index contributed by atoms with van der Waals surface area (Å²) in [5, 5.41) is 6.35. The quantitative estimate of drug-likeness (QED) is 0.668. The number of benzene rings is 2. The number of hydrogen-bond acceptors (Lipinski definition) is 3. The van der Waals surface area contributed by atoms with Crippen molar-refractivity contribution < 1.29 is 14.0 Å². The fraction of sp³-hybridized carbons (Fsp3) is 0.300. The lowest BCUT2D eigenvalue weighted by atomic mass is 10.2. The summed E-state index contributed by atoms with van der Waals surface area (Å²) >= 11 is 12.0. The van der Waals surface area contributed by atoms with E-state index in [1.807, 2.05) is 6.92 Å². The van der Waals surface area contributed by atoms with Gasteiger partial charge in [-0.3, -0.25) is 14.5 Å². The molecule has 0 aliphatic heterocycles. The highest BCUT2D eigenvalue weighted by atomic mass is 35.5. The van der Waals surface area contributed by atoms with Gasteiger partial charge in [0.1, 0.15) is 5.82 Å². The Bertz CT molecular complexity index is 831. The second-order valence-corrected chi connectivity index (χ2v) is 7.10. The highest BCUT2D eigenvalue weighted by Gasteiger charge is 2.23. The van der Waals surface area contributed by atoms with Gasteiger partial charge >= 0.3 is 0 Å². The number of anilines is 1. The summed E-state index contributed by atoms with van der Waals surface area (Å²) in [6.45, 7) is 4.42. The third kappa shape index (κ3) is 6.48. The lowest BCUT2D eigenvalue weighted by Gasteiger charge is -2.26. The van der Waals surface area contributed by atoms with Crippen LogP contribution in [0, 0.1) is 5.82 Å². The molecule has 2 aromatic rings. The van der Waals surface area contributed by atoms with Crippen LogP contribution in [0.15, 0.2) is 42.5 Å². The van der Waals surface area contributed by atoms with Gasteiger partial charge in [0.15, 0.2) is 0 Å². The Morgan fingerprint density at radius 2 is 1.82 bits per heavy atom. The number of hydrogen-bond donors (Lipinski definition) is 2. The fourth-order valence-electron chi connectivity index (χ4n) is 2.56. The molecular formula is C20H22Cl2FN3O2. The lowest BCUT2D eigenvalue weighted by molar-refractivity contribution is -0.125. The second kappa shape index (κ2) is 10.4. The molecule has 0 aromatic heterocycles. The highest BCUT2D eigenvalue weighted by Crippen LogP contribution is 2.25. The second-order valence-electron chi connectivity index (χ2n) is 6.26. The molecule has 1 unspecified atom stereocenters. The van der Waals surface area contributed by atoms with E-state index in [-0.39, 0.29) is 30.7 Å². The number of amides is 2. The van der Waals surface area contributed by atoms with Crippen LogP contribution in [0.1, 0.15) is 19.4 Å². The molecule has 150 valence electrons. The Hall–Kier alpha value is -2.15. The number of likely N-dealkylation sites (N-methyl/N-ethyl adjacent to an activating group) is 1. The zero-order chi connectivity index (χ0) is 20.7. The van der Waals surface area contributed by atoms with Gasteiger partial charge in [0.05, 0.1) is 23.3 Å². The van der Waals surface area contributed by atoms with Gasteiger partial charge in [0.2, 0.25) is 11.8 Å². The maximum absolute atomic E-state index is 12.9. The third-order valence-electron chi connectivity index (χ3n) is 4.27. The van der Waals surface area contributed by atoms with Gasteiger partial charge in [0, 0.05) is 11.6 Å². The molecule has 2 rings (SSSR count). The Morgan fingerprint density at radius 3 is 2.46 bits per heavy atom. The predicted molar refractivity (Wildman–Crippen MR) is 110 cm³/mol. The van der Waals surface area contributed by atoms with E-state index < -0.39 is 6.04 Å². The van der Waals surface area contributed by atoms with E-state index in [1.54, 1.807) is 42.2 Å². The molecule has 28 heavy (non-hydrogen) atoms. The summed E-state index contributed by atoms with van der Waals surface area (Å²) in [6.07, 6.45) is 0. The van der Waals surface area contributed by atoms with Gasteiger partial charge in [-0.1, -0.05) is 42.3 Å². The van der Waals surface area contributed by atoms with Crippen molar-refractivity contribution in [2.75, 3.05) is 18.4 Å². The first kappa shape index (κ1) is 22.1. The monoisotopic (exact) mass is 425 g/mol. The van der Waals surface area contributed by atoms with Crippen LogP contribution >= 0.6 is 23.2 Å².